The van der Waals surface area contributed by atoms with Crippen LogP contribution in [-0.4, -0.2) is 42.9 Å². The van der Waals surface area contributed by atoms with E-state index in [1.54, 1.807) is 11.8 Å². The summed E-state index contributed by atoms with van der Waals surface area (Å²) in [5, 5.41) is 0. The zero-order chi connectivity index (χ0) is 19.2. The maximum atomic E-state index is 12.6. The quantitative estimate of drug-likeness (QED) is 0.700. The van der Waals surface area contributed by atoms with Crippen molar-refractivity contribution in [3.05, 3.63) is 54.1 Å². The molecule has 1 fully saturated rings. The zero-order valence-electron chi connectivity index (χ0n) is 16.1. The van der Waals surface area contributed by atoms with Crippen molar-refractivity contribution in [3.8, 4) is 11.5 Å². The Bertz CT molecular complexity index is 788. The molecule has 0 aromatic heterocycles. The number of fused-ring (bicyclic) bond motifs is 1. The number of hydrogen-bond donors (Lipinski definition) is 0. The number of thioether (sulfide) groups is 1. The third-order valence-corrected chi connectivity index (χ3v) is 6.39. The van der Waals surface area contributed by atoms with E-state index in [2.05, 4.69) is 30.3 Å². The summed E-state index contributed by atoms with van der Waals surface area (Å²) < 4.78 is 11.4. The fourth-order valence-electron chi connectivity index (χ4n) is 3.80. The lowest BCUT2D eigenvalue weighted by atomic mass is 9.90. The average molecular weight is 398 g/mol. The fourth-order valence-corrected chi connectivity index (χ4v) is 4.63. The van der Waals surface area contributed by atoms with Crippen molar-refractivity contribution in [2.75, 3.05) is 32.1 Å². The van der Waals surface area contributed by atoms with E-state index in [0.717, 1.165) is 55.2 Å². The van der Waals surface area contributed by atoms with E-state index in [4.69, 9.17) is 9.47 Å². The monoisotopic (exact) mass is 397 g/mol. The predicted molar refractivity (Wildman–Crippen MR) is 112 cm³/mol. The Morgan fingerprint density at radius 2 is 1.75 bits per heavy atom. The van der Waals surface area contributed by atoms with E-state index >= 15 is 0 Å². The van der Waals surface area contributed by atoms with E-state index in [1.807, 2.05) is 23.1 Å². The van der Waals surface area contributed by atoms with Gasteiger partial charge in [0.15, 0.2) is 11.5 Å². The molecule has 4 rings (SSSR count). The molecule has 0 spiro atoms. The molecule has 0 atom stereocenters. The SMILES string of the molecule is O=C(CSc1ccc2c(c1)OCCCO2)N1CCC(Cc2ccccc2)CC1. The minimum absolute atomic E-state index is 0.232. The van der Waals surface area contributed by atoms with Crippen LogP contribution in [0.15, 0.2) is 53.4 Å². The largest absolute Gasteiger partial charge is 0.490 e. The number of amides is 1. The van der Waals surface area contributed by atoms with Crippen molar-refractivity contribution in [2.45, 2.75) is 30.6 Å². The second-order valence-electron chi connectivity index (χ2n) is 7.46. The topological polar surface area (TPSA) is 38.8 Å². The zero-order valence-corrected chi connectivity index (χ0v) is 17.0. The van der Waals surface area contributed by atoms with E-state index < -0.39 is 0 Å². The number of carbonyl (C=O) groups excluding carboxylic acids is 1. The summed E-state index contributed by atoms with van der Waals surface area (Å²) in [6.45, 7) is 3.12. The Labute approximate surface area is 171 Å². The number of carbonyl (C=O) groups is 1. The Morgan fingerprint density at radius 1 is 1.00 bits per heavy atom. The standard InChI is InChI=1S/C23H27NO3S/c25-23(17-28-20-7-8-21-22(16-20)27-14-4-13-26-21)24-11-9-19(10-12-24)15-18-5-2-1-3-6-18/h1-3,5-8,16,19H,4,9-15,17H2. The molecule has 2 aromatic carbocycles. The van der Waals surface area contributed by atoms with Gasteiger partial charge in [-0.05, 0) is 48.9 Å². The Hall–Kier alpha value is -2.14. The highest BCUT2D eigenvalue weighted by atomic mass is 32.2. The molecule has 2 aliphatic heterocycles. The Balaban J connectivity index is 1.24. The maximum absolute atomic E-state index is 12.6. The van der Waals surface area contributed by atoms with Gasteiger partial charge in [0.05, 0.1) is 19.0 Å². The number of piperidine rings is 1. The summed E-state index contributed by atoms with van der Waals surface area (Å²) in [6.07, 6.45) is 4.20. The molecule has 0 unspecified atom stereocenters. The second-order valence-corrected chi connectivity index (χ2v) is 8.51. The van der Waals surface area contributed by atoms with E-state index in [1.165, 1.54) is 5.56 Å². The molecule has 5 heteroatoms. The number of ether oxygens (including phenoxy) is 2. The van der Waals surface area contributed by atoms with Crippen molar-refractivity contribution < 1.29 is 14.3 Å². The molecule has 4 nitrogen and oxygen atoms in total. The van der Waals surface area contributed by atoms with Gasteiger partial charge in [-0.25, -0.2) is 0 Å². The number of hydrogen-bond acceptors (Lipinski definition) is 4. The van der Waals surface area contributed by atoms with Crippen LogP contribution in [0.25, 0.3) is 0 Å². The van der Waals surface area contributed by atoms with Crippen molar-refractivity contribution >= 4 is 17.7 Å². The first kappa shape index (κ1) is 19.2. The molecule has 148 valence electrons. The summed E-state index contributed by atoms with van der Waals surface area (Å²) in [6, 6.07) is 16.6. The summed E-state index contributed by atoms with van der Waals surface area (Å²) >= 11 is 1.58. The molecule has 2 aliphatic rings. The van der Waals surface area contributed by atoms with Crippen LogP contribution in [0, 0.1) is 5.92 Å². The van der Waals surface area contributed by atoms with Crippen molar-refractivity contribution in [1.29, 1.82) is 0 Å². The summed E-state index contributed by atoms with van der Waals surface area (Å²) in [4.78, 5) is 15.7. The highest BCUT2D eigenvalue weighted by Gasteiger charge is 2.23. The molecular weight excluding hydrogens is 370 g/mol. The Morgan fingerprint density at radius 3 is 2.54 bits per heavy atom. The summed E-state index contributed by atoms with van der Waals surface area (Å²) in [7, 11) is 0. The molecular formula is C23H27NO3S. The number of benzene rings is 2. The van der Waals surface area contributed by atoms with Crippen LogP contribution in [-0.2, 0) is 11.2 Å². The molecule has 1 saturated heterocycles. The summed E-state index contributed by atoms with van der Waals surface area (Å²) in [5.74, 6) is 2.98. The van der Waals surface area contributed by atoms with E-state index in [-0.39, 0.29) is 5.91 Å². The third-order valence-electron chi connectivity index (χ3n) is 5.42. The number of likely N-dealkylation sites (tertiary alicyclic amines) is 1. The van der Waals surface area contributed by atoms with Gasteiger partial charge in [0.25, 0.3) is 0 Å². The first-order valence-electron chi connectivity index (χ1n) is 10.1. The highest BCUT2D eigenvalue weighted by molar-refractivity contribution is 8.00. The van der Waals surface area contributed by atoms with Crippen LogP contribution in [0.5, 0.6) is 11.5 Å². The van der Waals surface area contributed by atoms with Crippen LogP contribution < -0.4 is 9.47 Å². The predicted octanol–water partition coefficient (Wildman–Crippen LogP) is 4.42. The van der Waals surface area contributed by atoms with Crippen LogP contribution in [0.4, 0.5) is 0 Å². The molecule has 2 aromatic rings. The van der Waals surface area contributed by atoms with Crippen LogP contribution in [0.1, 0.15) is 24.8 Å². The highest BCUT2D eigenvalue weighted by Crippen LogP contribution is 2.34. The minimum atomic E-state index is 0.232. The fraction of sp³-hybridized carbons (Fsp3) is 0.435. The molecule has 0 aliphatic carbocycles. The van der Waals surface area contributed by atoms with Crippen LogP contribution in [0.3, 0.4) is 0 Å². The number of nitrogens with zero attached hydrogens (tertiary/aromatic N) is 1. The molecule has 2 heterocycles. The van der Waals surface area contributed by atoms with E-state index in [0.29, 0.717) is 24.9 Å². The van der Waals surface area contributed by atoms with Crippen LogP contribution >= 0.6 is 11.8 Å². The molecule has 0 bridgehead atoms. The van der Waals surface area contributed by atoms with Gasteiger partial charge in [-0.3, -0.25) is 4.79 Å². The molecule has 1 amide bonds. The normalized spacial score (nSPS) is 17.2. The molecule has 0 N–H and O–H groups in total. The van der Waals surface area contributed by atoms with Gasteiger partial charge < -0.3 is 14.4 Å². The second kappa shape index (κ2) is 9.37. The van der Waals surface area contributed by atoms with Gasteiger partial charge in [-0.15, -0.1) is 11.8 Å². The lowest BCUT2D eigenvalue weighted by molar-refractivity contribution is -0.129. The van der Waals surface area contributed by atoms with Gasteiger partial charge in [0, 0.05) is 24.4 Å². The maximum Gasteiger partial charge on any atom is 0.232 e. The lowest BCUT2D eigenvalue weighted by Gasteiger charge is -2.32. The smallest absolute Gasteiger partial charge is 0.232 e. The van der Waals surface area contributed by atoms with Crippen molar-refractivity contribution in [1.82, 2.24) is 4.90 Å². The van der Waals surface area contributed by atoms with Gasteiger partial charge >= 0.3 is 0 Å². The summed E-state index contributed by atoms with van der Waals surface area (Å²) in [5.41, 5.74) is 1.40. The minimum Gasteiger partial charge on any atom is -0.490 e. The van der Waals surface area contributed by atoms with Gasteiger partial charge in [0.1, 0.15) is 0 Å². The Kier molecular flexibility index (Phi) is 6.42. The molecule has 0 saturated carbocycles. The van der Waals surface area contributed by atoms with Gasteiger partial charge in [-0.2, -0.15) is 0 Å². The molecule has 28 heavy (non-hydrogen) atoms. The molecule has 0 radical (unpaired) electrons. The van der Waals surface area contributed by atoms with Crippen molar-refractivity contribution in [2.24, 2.45) is 5.92 Å². The first-order chi connectivity index (χ1) is 13.8. The first-order valence-corrected chi connectivity index (χ1v) is 11.1. The van der Waals surface area contributed by atoms with Gasteiger partial charge in [-0.1, -0.05) is 30.3 Å². The lowest BCUT2D eigenvalue weighted by Crippen LogP contribution is -2.39. The van der Waals surface area contributed by atoms with E-state index in [9.17, 15) is 4.79 Å². The average Bonchev–Trinajstić information content (AvgIpc) is 2.98. The van der Waals surface area contributed by atoms with Gasteiger partial charge in [0.2, 0.25) is 5.91 Å². The van der Waals surface area contributed by atoms with Crippen LogP contribution in [0.2, 0.25) is 0 Å². The third kappa shape index (κ3) is 5.02. The number of rotatable bonds is 5. The van der Waals surface area contributed by atoms with Crippen molar-refractivity contribution in [3.63, 3.8) is 0 Å².